The van der Waals surface area contributed by atoms with Gasteiger partial charge in [0, 0.05) is 33.9 Å². The van der Waals surface area contributed by atoms with E-state index in [1.807, 2.05) is 38.1 Å². The van der Waals surface area contributed by atoms with Gasteiger partial charge in [-0.1, -0.05) is 81.3 Å². The first-order chi connectivity index (χ1) is 21.4. The van der Waals surface area contributed by atoms with E-state index in [9.17, 15) is 9.18 Å². The highest BCUT2D eigenvalue weighted by atomic mass is 35.5. The third-order valence-electron chi connectivity index (χ3n) is 8.42. The zero-order valence-corrected chi connectivity index (χ0v) is 29.5. The van der Waals surface area contributed by atoms with Crippen LogP contribution in [0.5, 0.6) is 5.75 Å². The third-order valence-corrected chi connectivity index (χ3v) is 8.89. The molecule has 0 aliphatic carbocycles. The molecule has 0 aliphatic rings. The highest BCUT2D eigenvalue weighted by Gasteiger charge is 2.33. The van der Waals surface area contributed by atoms with Crippen LogP contribution in [0.15, 0.2) is 78.5 Å². The summed E-state index contributed by atoms with van der Waals surface area (Å²) >= 11 is 12.2. The van der Waals surface area contributed by atoms with Crippen molar-refractivity contribution < 1.29 is 13.9 Å². The molecule has 0 spiro atoms. The van der Waals surface area contributed by atoms with Crippen LogP contribution in [0, 0.1) is 12.7 Å². The van der Waals surface area contributed by atoms with Crippen LogP contribution in [0.25, 0.3) is 0 Å². The minimum Gasteiger partial charge on any atom is -0.481 e. The lowest BCUT2D eigenvalue weighted by Gasteiger charge is -2.36. The van der Waals surface area contributed by atoms with Crippen molar-refractivity contribution in [1.82, 2.24) is 5.32 Å². The molecule has 0 aliphatic heterocycles. The number of rotatable bonds is 14. The Morgan fingerprint density at radius 3 is 2.22 bits per heavy atom. The Morgan fingerprint density at radius 1 is 0.978 bits per heavy atom. The number of aryl methyl sites for hydroxylation is 1. The molecule has 7 heteroatoms. The van der Waals surface area contributed by atoms with Crippen molar-refractivity contribution in [1.29, 1.82) is 0 Å². The van der Waals surface area contributed by atoms with Crippen molar-refractivity contribution in [3.63, 3.8) is 0 Å². The summed E-state index contributed by atoms with van der Waals surface area (Å²) in [5, 5.41) is 7.29. The van der Waals surface area contributed by atoms with Crippen LogP contribution in [-0.2, 0) is 4.79 Å². The summed E-state index contributed by atoms with van der Waals surface area (Å²) in [5.74, 6) is 0.925. The molecule has 3 aromatic rings. The van der Waals surface area contributed by atoms with E-state index in [4.69, 9.17) is 27.9 Å². The van der Waals surface area contributed by atoms with E-state index in [1.165, 1.54) is 17.7 Å². The lowest BCUT2D eigenvalue weighted by molar-refractivity contribution is -0.105. The Hall–Kier alpha value is -3.28. The molecule has 0 saturated heterocycles. The number of ether oxygens (including phenoxy) is 1. The van der Waals surface area contributed by atoms with Gasteiger partial charge in [-0.15, -0.1) is 0 Å². The van der Waals surface area contributed by atoms with Gasteiger partial charge in [-0.25, -0.2) is 4.39 Å². The largest absolute Gasteiger partial charge is 0.481 e. The van der Waals surface area contributed by atoms with Crippen LogP contribution in [0.3, 0.4) is 0 Å². The summed E-state index contributed by atoms with van der Waals surface area (Å²) in [6.07, 6.45) is 5.49. The summed E-state index contributed by atoms with van der Waals surface area (Å²) < 4.78 is 20.0. The Morgan fingerprint density at radius 2 is 1.62 bits per heavy atom. The Kier molecular flexibility index (Phi) is 15.2. The van der Waals surface area contributed by atoms with Crippen LogP contribution in [0.2, 0.25) is 10.0 Å². The maximum Gasteiger partial charge on any atom is 0.211 e. The highest BCUT2D eigenvalue weighted by Crippen LogP contribution is 2.38. The fraction of sp³-hybridized carbons (Fsp3) is 0.395. The van der Waals surface area contributed by atoms with Gasteiger partial charge < -0.3 is 15.4 Å². The summed E-state index contributed by atoms with van der Waals surface area (Å²) in [4.78, 5) is 10.7. The minimum atomic E-state index is -0.409. The number of amides is 1. The first-order valence-corrected chi connectivity index (χ1v) is 16.4. The molecule has 4 nitrogen and oxygen atoms in total. The number of benzene rings is 3. The molecule has 0 bridgehead atoms. The number of likely N-dealkylation sites (N-methyl/N-ethyl adjacent to an activating group) is 1. The molecule has 45 heavy (non-hydrogen) atoms. The standard InChI is InChI=1S/C22H34ClNO.C16H15ClFNO/c1-8-16(5)14-17(6)20-15-19(23)12-13-21(20)25-22(9-2,10-3)18(7)24-11-4;1-10-3-5-13(18)8-15(10)11(2)14-6-4-12(17)7-16(14)19-9-20/h8,12-13,15,17,24H,7,9-11,14H2,1-6H3;3-9,11H,1-2H3,(H,19,20)/b16-8+;. The predicted octanol–water partition coefficient (Wildman–Crippen LogP) is 11.4. The molecule has 3 rings (SSSR count). The lowest BCUT2D eigenvalue weighted by atomic mass is 9.89. The Labute approximate surface area is 280 Å². The van der Waals surface area contributed by atoms with Crippen LogP contribution in [0.1, 0.15) is 102 Å². The van der Waals surface area contributed by atoms with E-state index in [0.717, 1.165) is 64.5 Å². The second-order valence-corrected chi connectivity index (χ2v) is 12.3. The van der Waals surface area contributed by atoms with Gasteiger partial charge in [-0.3, -0.25) is 4.79 Å². The fourth-order valence-corrected chi connectivity index (χ4v) is 5.87. The van der Waals surface area contributed by atoms with E-state index >= 15 is 0 Å². The summed E-state index contributed by atoms with van der Waals surface area (Å²) in [7, 11) is 0. The quantitative estimate of drug-likeness (QED) is 0.134. The van der Waals surface area contributed by atoms with Crippen molar-refractivity contribution in [3.8, 4) is 5.75 Å². The van der Waals surface area contributed by atoms with Crippen LogP contribution in [-0.4, -0.2) is 18.6 Å². The lowest BCUT2D eigenvalue weighted by Crippen LogP contribution is -2.42. The minimum absolute atomic E-state index is 0.0505. The van der Waals surface area contributed by atoms with E-state index in [2.05, 4.69) is 64.8 Å². The van der Waals surface area contributed by atoms with Crippen molar-refractivity contribution in [2.24, 2.45) is 0 Å². The van der Waals surface area contributed by atoms with Gasteiger partial charge >= 0.3 is 0 Å². The molecule has 2 atom stereocenters. The van der Waals surface area contributed by atoms with Gasteiger partial charge in [0.25, 0.3) is 0 Å². The number of carbonyl (C=O) groups excluding carboxylic acids is 1. The first-order valence-electron chi connectivity index (χ1n) is 15.6. The van der Waals surface area contributed by atoms with Crippen molar-refractivity contribution >= 4 is 35.3 Å². The number of hydrogen-bond acceptors (Lipinski definition) is 3. The van der Waals surface area contributed by atoms with Gasteiger partial charge in [0.15, 0.2) is 0 Å². The van der Waals surface area contributed by atoms with E-state index < -0.39 is 5.60 Å². The van der Waals surface area contributed by atoms with Crippen molar-refractivity contribution in [2.75, 3.05) is 11.9 Å². The summed E-state index contributed by atoms with van der Waals surface area (Å²) in [5.41, 5.74) is 6.50. The average Bonchev–Trinajstić information content (AvgIpc) is 3.02. The number of anilines is 1. The van der Waals surface area contributed by atoms with E-state index in [-0.39, 0.29) is 11.7 Å². The number of carbonyl (C=O) groups is 1. The second-order valence-electron chi connectivity index (χ2n) is 11.5. The zero-order chi connectivity index (χ0) is 33.7. The highest BCUT2D eigenvalue weighted by molar-refractivity contribution is 6.31. The fourth-order valence-electron chi connectivity index (χ4n) is 5.52. The molecule has 2 N–H and O–H groups in total. The van der Waals surface area contributed by atoms with Crippen LogP contribution >= 0.6 is 23.2 Å². The topological polar surface area (TPSA) is 50.4 Å². The number of nitrogens with one attached hydrogen (secondary N) is 2. The Bertz CT molecular complexity index is 1470. The van der Waals surface area contributed by atoms with Gasteiger partial charge in [0.05, 0.1) is 0 Å². The number of hydrogen-bond donors (Lipinski definition) is 2. The van der Waals surface area contributed by atoms with Crippen molar-refractivity contribution in [3.05, 3.63) is 117 Å². The molecule has 2 unspecified atom stereocenters. The molecule has 0 radical (unpaired) electrons. The third kappa shape index (κ3) is 10.4. The van der Waals surface area contributed by atoms with Gasteiger partial charge in [0.1, 0.15) is 17.2 Å². The normalized spacial score (nSPS) is 12.8. The average molecular weight is 656 g/mol. The molecule has 1 amide bonds. The molecule has 3 aromatic carbocycles. The number of allylic oxidation sites excluding steroid dienone is 2. The second kappa shape index (κ2) is 18.0. The van der Waals surface area contributed by atoms with Gasteiger partial charge in [0.2, 0.25) is 6.41 Å². The number of halogens is 3. The first kappa shape index (κ1) is 37.9. The molecule has 244 valence electrons. The van der Waals surface area contributed by atoms with E-state index in [0.29, 0.717) is 23.0 Å². The maximum atomic E-state index is 13.4. The van der Waals surface area contributed by atoms with E-state index in [1.54, 1.807) is 18.2 Å². The molecule has 0 heterocycles. The zero-order valence-electron chi connectivity index (χ0n) is 28.0. The molecular weight excluding hydrogens is 606 g/mol. The SMILES string of the molecule is C=C(NCC)C(CC)(CC)Oc1ccc(Cl)cc1C(C)C/C(C)=C/C.Cc1ccc(F)cc1C(C)c1ccc(Cl)cc1NC=O. The molecule has 0 aromatic heterocycles. The van der Waals surface area contributed by atoms with Gasteiger partial charge in [-0.2, -0.15) is 0 Å². The van der Waals surface area contributed by atoms with Gasteiger partial charge in [-0.05, 0) is 118 Å². The molecule has 0 saturated carbocycles. The summed E-state index contributed by atoms with van der Waals surface area (Å²) in [6.45, 7) is 21.8. The van der Waals surface area contributed by atoms with Crippen LogP contribution in [0.4, 0.5) is 10.1 Å². The van der Waals surface area contributed by atoms with Crippen LogP contribution < -0.4 is 15.4 Å². The van der Waals surface area contributed by atoms with Crippen molar-refractivity contribution in [2.45, 2.75) is 92.1 Å². The smallest absolute Gasteiger partial charge is 0.211 e. The summed E-state index contributed by atoms with van der Waals surface area (Å²) in [6, 6.07) is 16.0. The maximum absolute atomic E-state index is 13.4. The molecule has 0 fully saturated rings. The Balaban J connectivity index is 0.000000320. The predicted molar refractivity (Wildman–Crippen MR) is 190 cm³/mol. The monoisotopic (exact) mass is 654 g/mol. The molecular formula is C38H49Cl2FN2O2.